The highest BCUT2D eigenvalue weighted by Crippen LogP contribution is 2.64. The van der Waals surface area contributed by atoms with Gasteiger partial charge in [0.2, 0.25) is 6.10 Å². The summed E-state index contributed by atoms with van der Waals surface area (Å²) in [5, 5.41) is 28.7. The molecule has 1 unspecified atom stereocenters. The van der Waals surface area contributed by atoms with Crippen LogP contribution in [0.2, 0.25) is 0 Å². The molecule has 3 aromatic carbocycles. The number of ketones is 1. The molecule has 3 aliphatic carbocycles. The van der Waals surface area contributed by atoms with E-state index in [9.17, 15) is 39.0 Å². The van der Waals surface area contributed by atoms with Crippen molar-refractivity contribution < 1.29 is 72.2 Å². The van der Waals surface area contributed by atoms with Crippen LogP contribution in [0.15, 0.2) is 102 Å². The van der Waals surface area contributed by atoms with Crippen LogP contribution in [0.3, 0.4) is 0 Å². The number of Topliss-reactive ketones (excluding diaryl/α,β-unsaturated/α-hetero) is 1. The lowest BCUT2D eigenvalue weighted by Gasteiger charge is -2.67. The van der Waals surface area contributed by atoms with E-state index in [0.717, 1.165) is 20.8 Å². The predicted octanol–water partition coefficient (Wildman–Crippen LogP) is 4.31. The molecule has 0 radical (unpaired) electrons. The summed E-state index contributed by atoms with van der Waals surface area (Å²) >= 11 is 0. The Morgan fingerprint density at radius 2 is 1.37 bits per heavy atom. The van der Waals surface area contributed by atoms with Crippen LogP contribution in [0.5, 0.6) is 0 Å². The van der Waals surface area contributed by atoms with Gasteiger partial charge in [-0.1, -0.05) is 80.6 Å². The lowest BCUT2D eigenvalue weighted by molar-refractivity contribution is -0.346. The molecule has 65 heavy (non-hydrogen) atoms. The fourth-order valence-electron chi connectivity index (χ4n) is 10.5. The average Bonchev–Trinajstić information content (AvgIpc) is 3.26. The van der Waals surface area contributed by atoms with Crippen LogP contribution in [0.25, 0.3) is 0 Å². The summed E-state index contributed by atoms with van der Waals surface area (Å²) in [5.41, 5.74) is -7.20. The highest BCUT2D eigenvalue weighted by atomic mass is 16.6. The number of carbonyl (C=O) groups excluding carboxylic acids is 7. The number of aliphatic hydroxyl groups excluding tert-OH is 1. The Hall–Kier alpha value is -6.23. The molecule has 1 saturated heterocycles. The molecule has 3 N–H and O–H groups in total. The minimum Gasteiger partial charge on any atom is -0.455 e. The monoisotopic (exact) mass is 901 g/mol. The Kier molecular flexibility index (Phi) is 12.7. The van der Waals surface area contributed by atoms with Gasteiger partial charge in [0.05, 0.1) is 29.6 Å². The van der Waals surface area contributed by atoms with Crippen molar-refractivity contribution in [2.45, 2.75) is 115 Å². The van der Waals surface area contributed by atoms with Crippen molar-refractivity contribution >= 4 is 41.5 Å². The quantitative estimate of drug-likeness (QED) is 0.139. The van der Waals surface area contributed by atoms with E-state index in [1.807, 2.05) is 0 Å². The van der Waals surface area contributed by atoms with Crippen molar-refractivity contribution in [1.29, 1.82) is 0 Å². The molecule has 344 valence electrons. The van der Waals surface area contributed by atoms with Crippen molar-refractivity contribution in [3.63, 3.8) is 0 Å². The smallest absolute Gasteiger partial charge is 0.350 e. The summed E-state index contributed by atoms with van der Waals surface area (Å²) in [5.74, 6) is -7.79. The Morgan fingerprint density at radius 1 is 0.785 bits per heavy atom. The zero-order chi connectivity index (χ0) is 47.2. The second-order valence-electron chi connectivity index (χ2n) is 17.9. The average molecular weight is 902 g/mol. The van der Waals surface area contributed by atoms with E-state index in [2.05, 4.69) is 5.32 Å². The van der Waals surface area contributed by atoms with E-state index >= 15 is 4.79 Å². The largest absolute Gasteiger partial charge is 0.455 e. The van der Waals surface area contributed by atoms with E-state index in [1.54, 1.807) is 92.7 Å². The first kappa shape index (κ1) is 46.8. The van der Waals surface area contributed by atoms with Gasteiger partial charge in [-0.3, -0.25) is 24.0 Å². The molecule has 0 spiro atoms. The van der Waals surface area contributed by atoms with Crippen LogP contribution in [0.4, 0.5) is 0 Å². The first-order valence-electron chi connectivity index (χ1n) is 21.4. The molecule has 4 aliphatic rings. The number of hydrogen-bond donors (Lipinski definition) is 3. The Morgan fingerprint density at radius 3 is 1.91 bits per heavy atom. The minimum atomic E-state index is -2.43. The second kappa shape index (κ2) is 17.6. The molecule has 2 saturated carbocycles. The third-order valence-electron chi connectivity index (χ3n) is 13.8. The van der Waals surface area contributed by atoms with Crippen LogP contribution >= 0.6 is 0 Å². The van der Waals surface area contributed by atoms with Gasteiger partial charge in [-0.05, 0) is 54.8 Å². The van der Waals surface area contributed by atoms with Gasteiger partial charge < -0.3 is 44.0 Å². The standard InChI is InChI=1S/C49H53NO15/c1-26-33(63-45(58)39(62-28(3)52)37(30-17-11-8-12-18-30)50-43(56)31-19-13-9-14-20-31)24-49(59)42(64-44(57)32-21-15-10-16-22-32)40-47(7,34(54)23-35-48(40,25-60-35)65-29(4)53)41(55)38(61-27(2)51)36(26)46(49,5)6/h8-22,33-35,37-40,42,54,59H,23-25H2,1-7H3,(H,50,56)/t33-,34-,35?,37-,38+,39+,40-,42-,47+,48-,49+/m0/s1/i10+1,15+1,16+1,21+1,22+1,32+1. The maximum absolute atomic E-state index is 15.6. The first-order valence-corrected chi connectivity index (χ1v) is 21.4. The maximum Gasteiger partial charge on any atom is 0.350 e. The van der Waals surface area contributed by atoms with E-state index in [1.165, 1.54) is 26.0 Å². The number of fused-ring (bicyclic) bond motifs is 5. The van der Waals surface area contributed by atoms with Gasteiger partial charge in [-0.25, -0.2) is 9.59 Å². The fourth-order valence-corrected chi connectivity index (χ4v) is 10.5. The maximum atomic E-state index is 15.6. The van der Waals surface area contributed by atoms with Crippen LogP contribution < -0.4 is 5.32 Å². The fraction of sp³-hybridized carbons (Fsp3) is 0.449. The van der Waals surface area contributed by atoms with Crippen molar-refractivity contribution in [2.24, 2.45) is 16.7 Å². The Balaban J connectivity index is 1.42. The van der Waals surface area contributed by atoms with Gasteiger partial charge in [0, 0.05) is 44.6 Å². The highest BCUT2D eigenvalue weighted by molar-refractivity contribution is 5.96. The van der Waals surface area contributed by atoms with Crippen molar-refractivity contribution in [3.05, 3.63) is 119 Å². The summed E-state index contributed by atoms with van der Waals surface area (Å²) in [4.78, 5) is 97.4. The molecule has 11 atom stereocenters. The van der Waals surface area contributed by atoms with Crippen LogP contribution in [0, 0.1) is 16.7 Å². The third-order valence-corrected chi connectivity index (χ3v) is 13.8. The topological polar surface area (TPSA) is 227 Å². The van der Waals surface area contributed by atoms with E-state index in [0.29, 0.717) is 5.56 Å². The second-order valence-corrected chi connectivity index (χ2v) is 17.9. The van der Waals surface area contributed by atoms with Crippen LogP contribution in [-0.2, 0) is 52.4 Å². The molecule has 3 aromatic rings. The zero-order valence-corrected chi connectivity index (χ0v) is 37.1. The van der Waals surface area contributed by atoms with Crippen LogP contribution in [-0.4, -0.2) is 106 Å². The predicted molar refractivity (Wildman–Crippen MR) is 227 cm³/mol. The number of rotatable bonds is 11. The summed E-state index contributed by atoms with van der Waals surface area (Å²) in [6, 6.07) is 22.9. The van der Waals surface area contributed by atoms with Gasteiger partial charge in [0.25, 0.3) is 5.91 Å². The number of carbonyl (C=O) groups is 7. The molecule has 16 heteroatoms. The molecule has 3 fully saturated rings. The number of amides is 1. The van der Waals surface area contributed by atoms with E-state index in [-0.39, 0.29) is 35.3 Å². The van der Waals surface area contributed by atoms with Gasteiger partial charge in [0.15, 0.2) is 17.5 Å². The molecule has 1 amide bonds. The molecule has 0 aromatic heterocycles. The zero-order valence-electron chi connectivity index (χ0n) is 37.1. The number of aliphatic hydroxyl groups is 2. The normalized spacial score (nSPS) is 30.8. The van der Waals surface area contributed by atoms with Gasteiger partial charge in [-0.2, -0.15) is 0 Å². The number of hydrogen-bond acceptors (Lipinski definition) is 15. The first-order chi connectivity index (χ1) is 30.7. The number of benzene rings is 3. The van der Waals surface area contributed by atoms with Gasteiger partial charge >= 0.3 is 29.8 Å². The van der Waals surface area contributed by atoms with E-state index in [4.69, 9.17) is 28.4 Å². The van der Waals surface area contributed by atoms with E-state index < -0.39 is 119 Å². The SMILES string of the molecule is CC(=O)O[C@H]1C(=O)[C@]2(C)[C@@H](O)CC3OC[C@@]3(OC(C)=O)[C@H]2[C@H](OC(=O)[13c]2[13cH][13cH][13cH][13cH][13cH]2)[C@]2(O)C[C@H](OC(=O)[C@H](OC(C)=O)[C@@H](NC(=O)c3ccccc3)c3ccccc3)C(C)=C1C2(C)C. The van der Waals surface area contributed by atoms with Crippen molar-refractivity contribution in [1.82, 2.24) is 5.32 Å². The lowest BCUT2D eigenvalue weighted by atomic mass is 9.44. The minimum absolute atomic E-state index is 0.0218. The summed E-state index contributed by atoms with van der Waals surface area (Å²) in [6.07, 6.45) is -10.5. The van der Waals surface area contributed by atoms with Gasteiger partial charge in [-0.15, -0.1) is 0 Å². The summed E-state index contributed by atoms with van der Waals surface area (Å²) in [6.45, 7) is 8.99. The third kappa shape index (κ3) is 8.12. The molecular formula is C49H53NO15. The molecule has 1 heterocycles. The van der Waals surface area contributed by atoms with Crippen molar-refractivity contribution in [3.8, 4) is 0 Å². The summed E-state index contributed by atoms with van der Waals surface area (Å²) in [7, 11) is 0. The van der Waals surface area contributed by atoms with Gasteiger partial charge in [0.1, 0.15) is 30.0 Å². The number of nitrogens with one attached hydrogen (secondary N) is 1. The van der Waals surface area contributed by atoms with Crippen molar-refractivity contribution in [2.75, 3.05) is 6.61 Å². The molecular weight excluding hydrogens is 848 g/mol. The Bertz CT molecular complexity index is 2400. The molecule has 1 aliphatic heterocycles. The number of esters is 5. The van der Waals surface area contributed by atoms with Crippen LogP contribution in [0.1, 0.15) is 93.6 Å². The summed E-state index contributed by atoms with van der Waals surface area (Å²) < 4.78 is 36.2. The highest BCUT2D eigenvalue weighted by Gasteiger charge is 2.78. The molecule has 16 nitrogen and oxygen atoms in total. The molecule has 7 rings (SSSR count). The lowest BCUT2D eigenvalue weighted by Crippen LogP contribution is -2.82. The Labute approximate surface area is 375 Å². The number of ether oxygens (including phenoxy) is 6. The molecule has 2 bridgehead atoms.